The van der Waals surface area contributed by atoms with E-state index in [2.05, 4.69) is 10.5 Å². The maximum atomic E-state index is 14.4. The number of amides is 1. The lowest BCUT2D eigenvalue weighted by Gasteiger charge is -2.15. The van der Waals surface area contributed by atoms with E-state index < -0.39 is 39.5 Å². The molecule has 170 valence electrons. The van der Waals surface area contributed by atoms with E-state index in [1.54, 1.807) is 35.9 Å². The van der Waals surface area contributed by atoms with E-state index in [0.29, 0.717) is 10.6 Å². The highest BCUT2D eigenvalue weighted by Crippen LogP contribution is 2.35. The van der Waals surface area contributed by atoms with Gasteiger partial charge in [0.2, 0.25) is 10.0 Å². The van der Waals surface area contributed by atoms with Gasteiger partial charge in [0.05, 0.1) is 6.26 Å². The van der Waals surface area contributed by atoms with Crippen LogP contribution in [0.15, 0.2) is 40.9 Å². The molecule has 1 heterocycles. The lowest BCUT2D eigenvalue weighted by Crippen LogP contribution is -2.17. The standard InChI is InChI=1S/C20H18ClF2N3O5S/c1-10-17(24-20(27)30-11(2)13-6-4-5-7-14(13)21)19(31-25-10)12-8-15(22)18(16(23)9-12)26-32(3,28)29/h4-9,11,26H,1-3H3,(H,24,27). The van der Waals surface area contributed by atoms with Gasteiger partial charge in [-0.05, 0) is 32.0 Å². The summed E-state index contributed by atoms with van der Waals surface area (Å²) in [4.78, 5) is 12.4. The first-order valence-electron chi connectivity index (χ1n) is 9.11. The van der Waals surface area contributed by atoms with Gasteiger partial charge in [-0.3, -0.25) is 10.0 Å². The zero-order valence-electron chi connectivity index (χ0n) is 17.1. The molecule has 0 aliphatic rings. The number of carbonyl (C=O) groups excluding carboxylic acids is 1. The predicted molar refractivity (Wildman–Crippen MR) is 115 cm³/mol. The molecule has 2 aromatic carbocycles. The van der Waals surface area contributed by atoms with E-state index >= 15 is 0 Å². The predicted octanol–water partition coefficient (Wildman–Crippen LogP) is 5.26. The molecule has 1 atom stereocenters. The Morgan fingerprint density at radius 1 is 1.19 bits per heavy atom. The van der Waals surface area contributed by atoms with E-state index in [1.165, 1.54) is 6.92 Å². The Labute approximate surface area is 187 Å². The van der Waals surface area contributed by atoms with Gasteiger partial charge in [0.15, 0.2) is 17.4 Å². The highest BCUT2D eigenvalue weighted by Gasteiger charge is 2.23. The fourth-order valence-electron chi connectivity index (χ4n) is 2.86. The molecule has 1 aromatic heterocycles. The van der Waals surface area contributed by atoms with Crippen LogP contribution in [0.25, 0.3) is 11.3 Å². The van der Waals surface area contributed by atoms with Gasteiger partial charge >= 0.3 is 6.09 Å². The summed E-state index contributed by atoms with van der Waals surface area (Å²) in [7, 11) is -3.91. The van der Waals surface area contributed by atoms with Crippen LogP contribution in [0.2, 0.25) is 5.02 Å². The first kappa shape index (κ1) is 23.5. The van der Waals surface area contributed by atoms with Crippen molar-refractivity contribution in [1.29, 1.82) is 0 Å². The summed E-state index contributed by atoms with van der Waals surface area (Å²) in [5.41, 5.74) is -0.112. The summed E-state index contributed by atoms with van der Waals surface area (Å²) in [6.45, 7) is 3.13. The van der Waals surface area contributed by atoms with Crippen molar-refractivity contribution in [3.05, 3.63) is 64.3 Å². The summed E-state index contributed by atoms with van der Waals surface area (Å²) in [5.74, 6) is -2.51. The molecule has 0 radical (unpaired) electrons. The van der Waals surface area contributed by atoms with E-state index in [9.17, 15) is 22.0 Å². The molecular weight excluding hydrogens is 468 g/mol. The normalized spacial score (nSPS) is 12.3. The zero-order valence-corrected chi connectivity index (χ0v) is 18.6. The number of hydrogen-bond acceptors (Lipinski definition) is 6. The Balaban J connectivity index is 1.85. The topological polar surface area (TPSA) is 111 Å². The number of anilines is 2. The number of aryl methyl sites for hydroxylation is 1. The number of aromatic nitrogens is 1. The minimum absolute atomic E-state index is 0.0315. The van der Waals surface area contributed by atoms with E-state index in [-0.39, 0.29) is 22.7 Å². The second-order valence-corrected chi connectivity index (χ2v) is 9.01. The van der Waals surface area contributed by atoms with Gasteiger partial charge < -0.3 is 9.26 Å². The van der Waals surface area contributed by atoms with Crippen molar-refractivity contribution in [3.8, 4) is 11.3 Å². The molecule has 0 fully saturated rings. The summed E-state index contributed by atoms with van der Waals surface area (Å²) in [6.07, 6.45) is -0.804. The Hall–Kier alpha value is -3.18. The minimum atomic E-state index is -3.91. The van der Waals surface area contributed by atoms with Crippen molar-refractivity contribution in [2.75, 3.05) is 16.3 Å². The molecule has 8 nitrogen and oxygen atoms in total. The van der Waals surface area contributed by atoms with E-state index in [1.807, 2.05) is 0 Å². The third-order valence-corrected chi connectivity index (χ3v) is 5.23. The molecule has 3 aromatic rings. The quantitative estimate of drug-likeness (QED) is 0.492. The Morgan fingerprint density at radius 2 is 1.81 bits per heavy atom. The van der Waals surface area contributed by atoms with Crippen molar-refractivity contribution in [3.63, 3.8) is 0 Å². The molecule has 2 N–H and O–H groups in total. The first-order valence-corrected chi connectivity index (χ1v) is 11.4. The van der Waals surface area contributed by atoms with Crippen LogP contribution >= 0.6 is 11.6 Å². The molecule has 0 aliphatic heterocycles. The van der Waals surface area contributed by atoms with Gasteiger partial charge in [-0.25, -0.2) is 22.0 Å². The fourth-order valence-corrected chi connectivity index (χ4v) is 3.72. The van der Waals surface area contributed by atoms with Crippen LogP contribution in [0.4, 0.5) is 25.0 Å². The number of ether oxygens (including phenoxy) is 1. The number of benzene rings is 2. The second-order valence-electron chi connectivity index (χ2n) is 6.86. The Morgan fingerprint density at radius 3 is 2.41 bits per heavy atom. The fraction of sp³-hybridized carbons (Fsp3) is 0.200. The van der Waals surface area contributed by atoms with Crippen molar-refractivity contribution < 1.29 is 31.3 Å². The monoisotopic (exact) mass is 485 g/mol. The smallest absolute Gasteiger partial charge is 0.412 e. The SMILES string of the molecule is Cc1noc(-c2cc(F)c(NS(C)(=O)=O)c(F)c2)c1NC(=O)OC(C)c1ccccc1Cl. The molecule has 1 amide bonds. The number of sulfonamides is 1. The maximum Gasteiger partial charge on any atom is 0.412 e. The van der Waals surface area contributed by atoms with Crippen molar-refractivity contribution in [2.24, 2.45) is 0 Å². The Bertz CT molecular complexity index is 1260. The summed E-state index contributed by atoms with van der Waals surface area (Å²) < 4.78 is 63.6. The van der Waals surface area contributed by atoms with Crippen molar-refractivity contribution in [1.82, 2.24) is 5.16 Å². The molecule has 32 heavy (non-hydrogen) atoms. The van der Waals surface area contributed by atoms with E-state index in [0.717, 1.165) is 18.4 Å². The molecule has 0 aliphatic carbocycles. The summed E-state index contributed by atoms with van der Waals surface area (Å²) in [6, 6.07) is 8.53. The van der Waals surface area contributed by atoms with Crippen LogP contribution < -0.4 is 10.0 Å². The highest BCUT2D eigenvalue weighted by molar-refractivity contribution is 7.92. The number of rotatable bonds is 6. The van der Waals surface area contributed by atoms with Gasteiger partial charge in [0.25, 0.3) is 0 Å². The molecule has 0 bridgehead atoms. The van der Waals surface area contributed by atoms with E-state index in [4.69, 9.17) is 20.9 Å². The van der Waals surface area contributed by atoms with Gasteiger partial charge in [-0.1, -0.05) is 35.0 Å². The highest BCUT2D eigenvalue weighted by atomic mass is 35.5. The van der Waals surface area contributed by atoms with Gasteiger partial charge in [-0.15, -0.1) is 0 Å². The Kier molecular flexibility index (Phi) is 6.70. The molecule has 0 spiro atoms. The summed E-state index contributed by atoms with van der Waals surface area (Å²) in [5, 5.41) is 6.59. The van der Waals surface area contributed by atoms with Crippen LogP contribution in [0, 0.1) is 18.6 Å². The minimum Gasteiger partial charge on any atom is -0.441 e. The number of hydrogen-bond donors (Lipinski definition) is 2. The van der Waals surface area contributed by atoms with Gasteiger partial charge in [0, 0.05) is 16.1 Å². The number of nitrogens with zero attached hydrogens (tertiary/aromatic N) is 1. The maximum absolute atomic E-state index is 14.4. The average Bonchev–Trinajstić information content (AvgIpc) is 3.04. The molecule has 1 unspecified atom stereocenters. The largest absolute Gasteiger partial charge is 0.441 e. The van der Waals surface area contributed by atoms with Crippen LogP contribution in [-0.4, -0.2) is 25.9 Å². The van der Waals surface area contributed by atoms with Gasteiger partial charge in [-0.2, -0.15) is 0 Å². The molecule has 3 rings (SSSR count). The van der Waals surface area contributed by atoms with Crippen LogP contribution in [-0.2, 0) is 14.8 Å². The number of halogens is 3. The van der Waals surface area contributed by atoms with Crippen LogP contribution in [0.1, 0.15) is 24.3 Å². The third-order valence-electron chi connectivity index (χ3n) is 4.31. The van der Waals surface area contributed by atoms with Gasteiger partial charge in [0.1, 0.15) is 23.2 Å². The lowest BCUT2D eigenvalue weighted by molar-refractivity contribution is 0.121. The lowest BCUT2D eigenvalue weighted by atomic mass is 10.1. The van der Waals surface area contributed by atoms with Crippen LogP contribution in [0.3, 0.4) is 0 Å². The molecule has 12 heteroatoms. The average molecular weight is 486 g/mol. The van der Waals surface area contributed by atoms with Crippen molar-refractivity contribution in [2.45, 2.75) is 20.0 Å². The third kappa shape index (κ3) is 5.35. The first-order chi connectivity index (χ1) is 15.0. The zero-order chi connectivity index (χ0) is 23.6. The van der Waals surface area contributed by atoms with Crippen LogP contribution in [0.5, 0.6) is 0 Å². The molecule has 0 saturated carbocycles. The van der Waals surface area contributed by atoms with Crippen molar-refractivity contribution >= 4 is 39.1 Å². The molecule has 0 saturated heterocycles. The number of nitrogens with one attached hydrogen (secondary N) is 2. The molecular formula is C20H18ClF2N3O5S. The summed E-state index contributed by atoms with van der Waals surface area (Å²) >= 11 is 6.11. The number of carbonyl (C=O) groups is 1. The second kappa shape index (κ2) is 9.13.